The molecular formula is C32H41F2NO2. The van der Waals surface area contributed by atoms with Gasteiger partial charge in [0.1, 0.15) is 5.75 Å². The number of halogens is 2. The van der Waals surface area contributed by atoms with Crippen LogP contribution in [0.4, 0.5) is 8.78 Å². The molecule has 2 aliphatic rings. The van der Waals surface area contributed by atoms with E-state index < -0.39 is 5.92 Å². The molecule has 2 aliphatic carbocycles. The first-order chi connectivity index (χ1) is 17.7. The molecule has 0 spiro atoms. The van der Waals surface area contributed by atoms with E-state index in [0.717, 1.165) is 38.2 Å². The zero-order valence-electron chi connectivity index (χ0n) is 22.5. The Morgan fingerprint density at radius 2 is 1.78 bits per heavy atom. The van der Waals surface area contributed by atoms with Crippen molar-refractivity contribution < 1.29 is 18.3 Å². The third kappa shape index (κ3) is 5.97. The number of carbonyl (C=O) groups is 1. The highest BCUT2D eigenvalue weighted by Crippen LogP contribution is 2.57. The SMILES string of the molecule is CCc1cc(C(C)(F)F)cc(OC)c1C(=O)CC(=N)C(c1ccccc1)C1(CC2CCCCC2)CCC1. The number of methoxy groups -OCH3 is 1. The number of rotatable bonds is 11. The van der Waals surface area contributed by atoms with Gasteiger partial charge < -0.3 is 10.1 Å². The number of benzene rings is 2. The van der Waals surface area contributed by atoms with Crippen LogP contribution in [0.25, 0.3) is 0 Å². The third-order valence-corrected chi connectivity index (χ3v) is 8.78. The Morgan fingerprint density at radius 1 is 1.11 bits per heavy atom. The van der Waals surface area contributed by atoms with Crippen LogP contribution in [-0.4, -0.2) is 18.6 Å². The Kier molecular flexibility index (Phi) is 8.50. The largest absolute Gasteiger partial charge is 0.496 e. The number of ether oxygens (including phenoxy) is 1. The summed E-state index contributed by atoms with van der Waals surface area (Å²) in [6.07, 6.45) is 11.3. The van der Waals surface area contributed by atoms with E-state index in [1.807, 2.05) is 25.1 Å². The Labute approximate surface area is 220 Å². The maximum atomic E-state index is 14.1. The molecule has 2 aromatic rings. The summed E-state index contributed by atoms with van der Waals surface area (Å²) in [5.41, 5.74) is 2.29. The summed E-state index contributed by atoms with van der Waals surface area (Å²) < 4.78 is 33.7. The number of nitrogens with one attached hydrogen (secondary N) is 1. The Bertz CT molecular complexity index is 1070. The smallest absolute Gasteiger partial charge is 0.270 e. The van der Waals surface area contributed by atoms with Crippen molar-refractivity contribution in [3.05, 3.63) is 64.7 Å². The molecule has 2 saturated carbocycles. The minimum atomic E-state index is -3.03. The molecule has 3 nitrogen and oxygen atoms in total. The second-order valence-corrected chi connectivity index (χ2v) is 11.3. The van der Waals surface area contributed by atoms with Gasteiger partial charge in [-0.05, 0) is 60.3 Å². The van der Waals surface area contributed by atoms with Gasteiger partial charge in [0.05, 0.1) is 12.7 Å². The van der Waals surface area contributed by atoms with E-state index in [2.05, 4.69) is 12.1 Å². The molecular weight excluding hydrogens is 468 g/mol. The highest BCUT2D eigenvalue weighted by atomic mass is 19.3. The third-order valence-electron chi connectivity index (χ3n) is 8.78. The molecule has 2 aromatic carbocycles. The molecule has 4 rings (SSSR count). The monoisotopic (exact) mass is 509 g/mol. The lowest BCUT2D eigenvalue weighted by molar-refractivity contribution is 0.0171. The van der Waals surface area contributed by atoms with Crippen molar-refractivity contribution in [2.75, 3.05) is 7.11 Å². The lowest BCUT2D eigenvalue weighted by Gasteiger charge is -2.50. The van der Waals surface area contributed by atoms with Crippen molar-refractivity contribution in [3.63, 3.8) is 0 Å². The van der Waals surface area contributed by atoms with Gasteiger partial charge in [0.25, 0.3) is 5.92 Å². The van der Waals surface area contributed by atoms with Crippen molar-refractivity contribution in [1.82, 2.24) is 0 Å². The molecule has 0 aliphatic heterocycles. The Morgan fingerprint density at radius 3 is 2.32 bits per heavy atom. The van der Waals surface area contributed by atoms with Crippen LogP contribution in [-0.2, 0) is 12.3 Å². The average molecular weight is 510 g/mol. The second-order valence-electron chi connectivity index (χ2n) is 11.3. The summed E-state index contributed by atoms with van der Waals surface area (Å²) in [7, 11) is 1.41. The molecule has 0 aromatic heterocycles. The van der Waals surface area contributed by atoms with Gasteiger partial charge in [0.15, 0.2) is 5.78 Å². The van der Waals surface area contributed by atoms with Crippen LogP contribution in [0.15, 0.2) is 42.5 Å². The van der Waals surface area contributed by atoms with E-state index in [1.165, 1.54) is 51.3 Å². The molecule has 200 valence electrons. The predicted molar refractivity (Wildman–Crippen MR) is 145 cm³/mol. The Hall–Kier alpha value is -2.56. The maximum Gasteiger partial charge on any atom is 0.270 e. The van der Waals surface area contributed by atoms with E-state index >= 15 is 0 Å². The van der Waals surface area contributed by atoms with Gasteiger partial charge >= 0.3 is 0 Å². The van der Waals surface area contributed by atoms with E-state index in [-0.39, 0.29) is 34.8 Å². The number of Topliss-reactive ketones (excluding diaryl/α,β-unsaturated/α-hetero) is 1. The summed E-state index contributed by atoms with van der Waals surface area (Å²) in [5, 5.41) is 9.29. The topological polar surface area (TPSA) is 50.2 Å². The summed E-state index contributed by atoms with van der Waals surface area (Å²) in [6, 6.07) is 12.9. The van der Waals surface area contributed by atoms with Crippen LogP contribution >= 0.6 is 0 Å². The van der Waals surface area contributed by atoms with Gasteiger partial charge in [-0.3, -0.25) is 4.79 Å². The molecule has 0 saturated heterocycles. The standard InChI is InChI=1S/C32H41F2NO2/c1-4-23-18-25(31(2,33)34)19-28(37-3)29(23)27(36)20-26(35)30(24-14-9-6-10-15-24)32(16-11-17-32)21-22-12-7-5-8-13-22/h6,9-10,14-15,18-19,22,30,35H,4-5,7-8,11-13,16-17,20-21H2,1-3H3. The second kappa shape index (κ2) is 11.4. The lowest BCUT2D eigenvalue weighted by Crippen LogP contribution is -2.42. The van der Waals surface area contributed by atoms with Crippen molar-refractivity contribution >= 4 is 11.5 Å². The number of aryl methyl sites for hydroxylation is 1. The fourth-order valence-electron chi connectivity index (χ4n) is 6.82. The summed E-state index contributed by atoms with van der Waals surface area (Å²) in [5.74, 6) is -2.50. The fourth-order valence-corrected chi connectivity index (χ4v) is 6.82. The number of hydrogen-bond acceptors (Lipinski definition) is 3. The number of ketones is 1. The molecule has 0 amide bonds. The molecule has 0 heterocycles. The van der Waals surface area contributed by atoms with Crippen molar-refractivity contribution in [2.45, 2.75) is 96.3 Å². The van der Waals surface area contributed by atoms with Crippen LogP contribution in [0.2, 0.25) is 0 Å². The predicted octanol–water partition coefficient (Wildman–Crippen LogP) is 8.89. The van der Waals surface area contributed by atoms with Crippen LogP contribution in [0, 0.1) is 16.7 Å². The average Bonchev–Trinajstić information content (AvgIpc) is 2.87. The summed E-state index contributed by atoms with van der Waals surface area (Å²) >= 11 is 0. The van der Waals surface area contributed by atoms with E-state index in [1.54, 1.807) is 0 Å². The van der Waals surface area contributed by atoms with Crippen LogP contribution < -0.4 is 4.74 Å². The maximum absolute atomic E-state index is 14.1. The van der Waals surface area contributed by atoms with E-state index in [4.69, 9.17) is 4.74 Å². The molecule has 1 N–H and O–H groups in total. The van der Waals surface area contributed by atoms with E-state index in [0.29, 0.717) is 29.2 Å². The highest BCUT2D eigenvalue weighted by molar-refractivity contribution is 6.12. The van der Waals surface area contributed by atoms with Gasteiger partial charge in [-0.15, -0.1) is 0 Å². The molecule has 0 radical (unpaired) electrons. The van der Waals surface area contributed by atoms with Gasteiger partial charge in [-0.25, -0.2) is 8.78 Å². The first-order valence-corrected chi connectivity index (χ1v) is 13.9. The van der Waals surface area contributed by atoms with Crippen molar-refractivity contribution in [2.24, 2.45) is 11.3 Å². The van der Waals surface area contributed by atoms with Crippen LogP contribution in [0.1, 0.15) is 111 Å². The lowest BCUT2D eigenvalue weighted by atomic mass is 9.53. The normalized spacial score (nSPS) is 18.6. The number of alkyl halides is 2. The molecule has 1 unspecified atom stereocenters. The van der Waals surface area contributed by atoms with Gasteiger partial charge in [-0.1, -0.05) is 75.8 Å². The van der Waals surface area contributed by atoms with Gasteiger partial charge in [-0.2, -0.15) is 0 Å². The molecule has 1 atom stereocenters. The zero-order chi connectivity index (χ0) is 26.6. The van der Waals surface area contributed by atoms with Crippen molar-refractivity contribution in [3.8, 4) is 5.75 Å². The molecule has 37 heavy (non-hydrogen) atoms. The van der Waals surface area contributed by atoms with Crippen LogP contribution in [0.5, 0.6) is 5.75 Å². The summed E-state index contributed by atoms with van der Waals surface area (Å²) in [6.45, 7) is 2.71. The fraction of sp³-hybridized carbons (Fsp3) is 0.562. The minimum Gasteiger partial charge on any atom is -0.496 e. The quantitative estimate of drug-likeness (QED) is 0.243. The first kappa shape index (κ1) is 27.5. The number of carbonyl (C=O) groups excluding carboxylic acids is 1. The van der Waals surface area contributed by atoms with E-state index in [9.17, 15) is 19.0 Å². The molecule has 0 bridgehead atoms. The molecule has 2 fully saturated rings. The van der Waals surface area contributed by atoms with Crippen LogP contribution in [0.3, 0.4) is 0 Å². The summed E-state index contributed by atoms with van der Waals surface area (Å²) in [4.78, 5) is 13.7. The minimum absolute atomic E-state index is 0.0204. The molecule has 5 heteroatoms. The zero-order valence-corrected chi connectivity index (χ0v) is 22.5. The van der Waals surface area contributed by atoms with Crippen molar-refractivity contribution in [1.29, 1.82) is 5.41 Å². The highest BCUT2D eigenvalue weighted by Gasteiger charge is 2.47. The number of hydrogen-bond donors (Lipinski definition) is 1. The first-order valence-electron chi connectivity index (χ1n) is 13.9. The van der Waals surface area contributed by atoms with Gasteiger partial charge in [0, 0.05) is 30.5 Å². The van der Waals surface area contributed by atoms with Gasteiger partial charge in [0.2, 0.25) is 0 Å². The Balaban J connectivity index is 1.66.